The lowest BCUT2D eigenvalue weighted by Gasteiger charge is -2.00. The number of nitrogens with zero attached hydrogens (tertiary/aromatic N) is 3. The summed E-state index contributed by atoms with van der Waals surface area (Å²) in [6, 6.07) is 11.3. The second-order valence-corrected chi connectivity index (χ2v) is 6.68. The predicted octanol–water partition coefficient (Wildman–Crippen LogP) is 4.36. The molecule has 0 aliphatic heterocycles. The first-order valence-electron chi connectivity index (χ1n) is 7.05. The lowest BCUT2D eigenvalue weighted by atomic mass is 10.2. The third-order valence-corrected chi connectivity index (χ3v) is 5.10. The molecular weight excluding hydrogens is 390 g/mol. The number of hydrogen-bond donors (Lipinski definition) is 0. The molecule has 1 aromatic carbocycles. The van der Waals surface area contributed by atoms with Crippen LogP contribution in [0.4, 0.5) is 0 Å². The molecule has 0 unspecified atom stereocenters. The maximum atomic E-state index is 12.8. The first-order valence-corrected chi connectivity index (χ1v) is 8.73. The van der Waals surface area contributed by atoms with Gasteiger partial charge in [-0.15, -0.1) is 11.3 Å². The van der Waals surface area contributed by atoms with Crippen LogP contribution >= 0.6 is 27.3 Å². The van der Waals surface area contributed by atoms with Crippen molar-refractivity contribution < 1.29 is 4.42 Å². The average Bonchev–Trinajstić information content (AvgIpc) is 3.25. The third-order valence-electron chi connectivity index (χ3n) is 3.49. The van der Waals surface area contributed by atoms with Gasteiger partial charge in [-0.3, -0.25) is 4.79 Å². The quantitative estimate of drug-likeness (QED) is 0.480. The molecule has 0 aliphatic rings. The number of fused-ring (bicyclic) bond motifs is 1. The normalized spacial score (nSPS) is 11.5. The van der Waals surface area contributed by atoms with Crippen LogP contribution in [0.2, 0.25) is 0 Å². The van der Waals surface area contributed by atoms with Gasteiger partial charge < -0.3 is 4.42 Å². The van der Waals surface area contributed by atoms with E-state index in [9.17, 15) is 4.79 Å². The lowest BCUT2D eigenvalue weighted by Crippen LogP contribution is -2.16. The number of thiophene rings is 1. The van der Waals surface area contributed by atoms with Gasteiger partial charge in [0.2, 0.25) is 0 Å². The minimum Gasteiger partial charge on any atom is -0.464 e. The fraction of sp³-hybridized carbons (Fsp3) is 0. The van der Waals surface area contributed by atoms with Gasteiger partial charge in [0, 0.05) is 21.0 Å². The lowest BCUT2D eigenvalue weighted by molar-refractivity contribution is 0.583. The smallest absolute Gasteiger partial charge is 0.283 e. The van der Waals surface area contributed by atoms with Crippen molar-refractivity contribution in [2.24, 2.45) is 5.10 Å². The van der Waals surface area contributed by atoms with Gasteiger partial charge >= 0.3 is 0 Å². The number of rotatable bonds is 3. The molecular formula is C17H10BrN3O2S. The molecule has 4 rings (SSSR count). The molecule has 24 heavy (non-hydrogen) atoms. The zero-order valence-corrected chi connectivity index (χ0v) is 14.6. The van der Waals surface area contributed by atoms with E-state index in [0.717, 1.165) is 15.6 Å². The standard InChI is InChI=1S/C17H10BrN3O2S/c18-13-5-2-1-4-11(13)8-20-21-10-19-16-15(17(21)22)12(9-24-16)14-6-3-7-23-14/h1-10H/b20-8-. The minimum atomic E-state index is -0.226. The number of furan rings is 1. The Kier molecular flexibility index (Phi) is 3.87. The van der Waals surface area contributed by atoms with E-state index in [-0.39, 0.29) is 5.56 Å². The average molecular weight is 400 g/mol. The Bertz CT molecular complexity index is 1100. The van der Waals surface area contributed by atoms with Crippen molar-refractivity contribution in [2.45, 2.75) is 0 Å². The van der Waals surface area contributed by atoms with Crippen molar-refractivity contribution in [3.63, 3.8) is 0 Å². The molecule has 0 bridgehead atoms. The summed E-state index contributed by atoms with van der Waals surface area (Å²) in [4.78, 5) is 17.8. The molecule has 0 atom stereocenters. The van der Waals surface area contributed by atoms with Crippen molar-refractivity contribution in [1.29, 1.82) is 0 Å². The van der Waals surface area contributed by atoms with Gasteiger partial charge in [-0.25, -0.2) is 4.98 Å². The summed E-state index contributed by atoms with van der Waals surface area (Å²) in [7, 11) is 0. The van der Waals surface area contributed by atoms with Gasteiger partial charge in [-0.05, 0) is 18.2 Å². The molecule has 0 amide bonds. The maximum Gasteiger partial charge on any atom is 0.283 e. The summed E-state index contributed by atoms with van der Waals surface area (Å²) in [6.45, 7) is 0. The molecule has 3 aromatic heterocycles. The minimum absolute atomic E-state index is 0.226. The summed E-state index contributed by atoms with van der Waals surface area (Å²) in [5.41, 5.74) is 1.39. The first-order chi connectivity index (χ1) is 11.7. The van der Waals surface area contributed by atoms with Crippen LogP contribution in [-0.4, -0.2) is 15.9 Å². The Morgan fingerprint density at radius 1 is 1.25 bits per heavy atom. The molecule has 5 nitrogen and oxygen atoms in total. The van der Waals surface area contributed by atoms with E-state index in [2.05, 4.69) is 26.0 Å². The molecule has 0 N–H and O–H groups in total. The van der Waals surface area contributed by atoms with Gasteiger partial charge in [0.15, 0.2) is 0 Å². The Morgan fingerprint density at radius 2 is 2.12 bits per heavy atom. The fourth-order valence-electron chi connectivity index (χ4n) is 2.32. The highest BCUT2D eigenvalue weighted by atomic mass is 79.9. The van der Waals surface area contributed by atoms with Crippen LogP contribution in [0.15, 0.2) is 73.2 Å². The summed E-state index contributed by atoms with van der Waals surface area (Å²) in [5, 5.41) is 6.64. The molecule has 0 saturated carbocycles. The molecule has 0 aliphatic carbocycles. The summed E-state index contributed by atoms with van der Waals surface area (Å²) >= 11 is 4.86. The second kappa shape index (κ2) is 6.18. The predicted molar refractivity (Wildman–Crippen MR) is 98.7 cm³/mol. The van der Waals surface area contributed by atoms with Gasteiger partial charge in [0.25, 0.3) is 5.56 Å². The van der Waals surface area contributed by atoms with Crippen LogP contribution in [0, 0.1) is 0 Å². The second-order valence-electron chi connectivity index (χ2n) is 4.97. The molecule has 4 aromatic rings. The third kappa shape index (κ3) is 2.61. The Morgan fingerprint density at radius 3 is 2.92 bits per heavy atom. The fourth-order valence-corrected chi connectivity index (χ4v) is 3.60. The van der Waals surface area contributed by atoms with E-state index in [4.69, 9.17) is 4.42 Å². The van der Waals surface area contributed by atoms with Crippen molar-refractivity contribution in [3.05, 3.63) is 74.8 Å². The topological polar surface area (TPSA) is 60.4 Å². The number of halogens is 1. The van der Waals surface area contributed by atoms with Crippen molar-refractivity contribution in [3.8, 4) is 11.3 Å². The van der Waals surface area contributed by atoms with Crippen LogP contribution in [-0.2, 0) is 0 Å². The van der Waals surface area contributed by atoms with Crippen molar-refractivity contribution in [2.75, 3.05) is 0 Å². The maximum absolute atomic E-state index is 12.8. The van der Waals surface area contributed by atoms with E-state index >= 15 is 0 Å². The van der Waals surface area contributed by atoms with Crippen LogP contribution in [0.25, 0.3) is 21.5 Å². The van der Waals surface area contributed by atoms with Crippen molar-refractivity contribution >= 4 is 43.7 Å². The Hall–Kier alpha value is -2.51. The van der Waals surface area contributed by atoms with Gasteiger partial charge in [0.1, 0.15) is 16.9 Å². The number of aromatic nitrogens is 2. The molecule has 0 spiro atoms. The molecule has 3 heterocycles. The largest absolute Gasteiger partial charge is 0.464 e. The van der Waals surface area contributed by atoms with Crippen LogP contribution < -0.4 is 5.56 Å². The van der Waals surface area contributed by atoms with Gasteiger partial charge in [0.05, 0.1) is 17.9 Å². The molecule has 0 fully saturated rings. The monoisotopic (exact) mass is 399 g/mol. The van der Waals surface area contributed by atoms with E-state index in [1.165, 1.54) is 22.3 Å². The number of benzene rings is 1. The zero-order valence-electron chi connectivity index (χ0n) is 12.2. The molecule has 0 saturated heterocycles. The molecule has 7 heteroatoms. The van der Waals surface area contributed by atoms with E-state index in [1.807, 2.05) is 35.7 Å². The highest BCUT2D eigenvalue weighted by Crippen LogP contribution is 2.30. The van der Waals surface area contributed by atoms with E-state index in [1.54, 1.807) is 18.5 Å². The Balaban J connectivity index is 1.83. The van der Waals surface area contributed by atoms with E-state index in [0.29, 0.717) is 16.0 Å². The summed E-state index contributed by atoms with van der Waals surface area (Å²) < 4.78 is 7.55. The number of hydrogen-bond acceptors (Lipinski definition) is 5. The molecule has 118 valence electrons. The zero-order chi connectivity index (χ0) is 16.5. The van der Waals surface area contributed by atoms with Crippen LogP contribution in [0.3, 0.4) is 0 Å². The highest BCUT2D eigenvalue weighted by Gasteiger charge is 2.14. The summed E-state index contributed by atoms with van der Waals surface area (Å²) in [6.07, 6.45) is 4.64. The van der Waals surface area contributed by atoms with Crippen molar-refractivity contribution in [1.82, 2.24) is 9.66 Å². The highest BCUT2D eigenvalue weighted by molar-refractivity contribution is 9.10. The van der Waals surface area contributed by atoms with Crippen LogP contribution in [0.5, 0.6) is 0 Å². The van der Waals surface area contributed by atoms with Crippen LogP contribution in [0.1, 0.15) is 5.56 Å². The molecule has 0 radical (unpaired) electrons. The summed E-state index contributed by atoms with van der Waals surface area (Å²) in [5.74, 6) is 0.646. The van der Waals surface area contributed by atoms with E-state index < -0.39 is 0 Å². The Labute approximate surface area is 149 Å². The van der Waals surface area contributed by atoms with Gasteiger partial charge in [-0.1, -0.05) is 34.1 Å². The van der Waals surface area contributed by atoms with Gasteiger partial charge in [-0.2, -0.15) is 9.78 Å². The first kappa shape index (κ1) is 15.0. The SMILES string of the molecule is O=c1c2c(-c3ccco3)csc2ncn1/N=C\c1ccccc1Br.